The van der Waals surface area contributed by atoms with Crippen molar-refractivity contribution < 1.29 is 13.6 Å². The van der Waals surface area contributed by atoms with Crippen LogP contribution >= 0.6 is 11.3 Å². The van der Waals surface area contributed by atoms with Gasteiger partial charge in [-0.25, -0.2) is 9.37 Å². The fourth-order valence-electron chi connectivity index (χ4n) is 3.53. The highest BCUT2D eigenvalue weighted by molar-refractivity contribution is 7.09. The van der Waals surface area contributed by atoms with Crippen LogP contribution in [0.4, 0.5) is 8.78 Å². The van der Waals surface area contributed by atoms with Crippen molar-refractivity contribution in [1.82, 2.24) is 20.2 Å². The van der Waals surface area contributed by atoms with Gasteiger partial charge < -0.3 is 10.7 Å². The molecule has 2 aromatic carbocycles. The lowest BCUT2D eigenvalue weighted by molar-refractivity contribution is 0.0996. The molecule has 4 N–H and O–H groups in total. The van der Waals surface area contributed by atoms with Crippen molar-refractivity contribution in [3.8, 4) is 11.1 Å². The Hall–Kier alpha value is -3.59. The minimum atomic E-state index is -0.626. The molecule has 0 spiro atoms. The maximum Gasteiger partial charge on any atom is 0.268 e. The highest BCUT2D eigenvalue weighted by Crippen LogP contribution is 2.34. The van der Waals surface area contributed by atoms with Crippen LogP contribution in [0, 0.1) is 11.8 Å². The lowest BCUT2D eigenvalue weighted by Crippen LogP contribution is -2.11. The topological polar surface area (TPSA) is 100 Å². The average Bonchev–Trinajstić information content (AvgIpc) is 3.41. The van der Waals surface area contributed by atoms with Crippen LogP contribution in [0.15, 0.2) is 41.9 Å². The number of nitrogens with one attached hydrogen (secondary N) is 2. The van der Waals surface area contributed by atoms with Gasteiger partial charge in [0, 0.05) is 28.9 Å². The summed E-state index contributed by atoms with van der Waals surface area (Å²) in [5.41, 5.74) is 8.62. The number of fused-ring (bicyclic) bond motifs is 2. The number of aromatic amines is 2. The predicted molar refractivity (Wildman–Crippen MR) is 107 cm³/mol. The van der Waals surface area contributed by atoms with Crippen LogP contribution in [0.5, 0.6) is 0 Å². The maximum absolute atomic E-state index is 14.3. The summed E-state index contributed by atoms with van der Waals surface area (Å²) < 4.78 is 28.5. The molecule has 0 aliphatic heterocycles. The second-order valence-electron chi connectivity index (χ2n) is 6.63. The van der Waals surface area contributed by atoms with Gasteiger partial charge in [-0.1, -0.05) is 0 Å². The van der Waals surface area contributed by atoms with Gasteiger partial charge >= 0.3 is 0 Å². The molecule has 0 saturated heterocycles. The predicted octanol–water partition coefficient (Wildman–Crippen LogP) is 4.14. The zero-order chi connectivity index (χ0) is 20.1. The zero-order valence-electron chi connectivity index (χ0n) is 14.8. The number of thiazole rings is 1. The third kappa shape index (κ3) is 2.95. The molecule has 6 nitrogen and oxygen atoms in total. The van der Waals surface area contributed by atoms with Crippen molar-refractivity contribution in [2.75, 3.05) is 0 Å². The minimum Gasteiger partial charge on any atom is -0.364 e. The smallest absolute Gasteiger partial charge is 0.268 e. The molecule has 3 heterocycles. The molecule has 5 aromatic rings. The Bertz CT molecular complexity index is 1400. The highest BCUT2D eigenvalue weighted by Gasteiger charge is 2.17. The number of carbonyl (C=O) groups is 1. The monoisotopic (exact) mass is 409 g/mol. The van der Waals surface area contributed by atoms with E-state index in [4.69, 9.17) is 5.73 Å². The zero-order valence-corrected chi connectivity index (χ0v) is 15.6. The summed E-state index contributed by atoms with van der Waals surface area (Å²) >= 11 is 1.27. The standard InChI is InChI=1S/C20H13F2N5OS/c21-11-6-13(12-1-2-24-14(12)7-11)9-3-10(18-15(4-9)26-27-19(18)22)5-17-25-16(8-29-17)20(23)28/h1-4,6-8,24H,5H2,(H2,23,28)(H,26,27). The summed E-state index contributed by atoms with van der Waals surface area (Å²) in [6.45, 7) is 0. The quantitative estimate of drug-likeness (QED) is 0.416. The van der Waals surface area contributed by atoms with E-state index in [1.165, 1.54) is 23.5 Å². The van der Waals surface area contributed by atoms with Gasteiger partial charge in [-0.15, -0.1) is 16.4 Å². The van der Waals surface area contributed by atoms with E-state index < -0.39 is 11.9 Å². The average molecular weight is 409 g/mol. The number of H-pyrrole nitrogens is 2. The first-order chi connectivity index (χ1) is 14.0. The Labute approximate surface area is 166 Å². The third-order valence-corrected chi connectivity index (χ3v) is 5.64. The molecule has 144 valence electrons. The van der Waals surface area contributed by atoms with Crippen molar-refractivity contribution in [3.05, 3.63) is 69.9 Å². The van der Waals surface area contributed by atoms with Gasteiger partial charge in [0.15, 0.2) is 0 Å². The van der Waals surface area contributed by atoms with Crippen LogP contribution in [0.25, 0.3) is 32.9 Å². The molecule has 0 aliphatic carbocycles. The maximum atomic E-state index is 14.3. The Morgan fingerprint density at radius 1 is 1.17 bits per heavy atom. The number of nitrogens with two attached hydrogens (primary N) is 1. The molecule has 29 heavy (non-hydrogen) atoms. The van der Waals surface area contributed by atoms with Gasteiger partial charge in [0.05, 0.1) is 15.9 Å². The van der Waals surface area contributed by atoms with E-state index in [9.17, 15) is 13.6 Å². The van der Waals surface area contributed by atoms with Gasteiger partial charge in [-0.3, -0.25) is 9.89 Å². The Morgan fingerprint density at radius 3 is 2.83 bits per heavy atom. The molecule has 0 bridgehead atoms. The van der Waals surface area contributed by atoms with Gasteiger partial charge in [0.25, 0.3) is 5.91 Å². The lowest BCUT2D eigenvalue weighted by Gasteiger charge is -2.09. The second kappa shape index (κ2) is 6.49. The number of hydrogen-bond donors (Lipinski definition) is 3. The van der Waals surface area contributed by atoms with Crippen LogP contribution < -0.4 is 5.73 Å². The van der Waals surface area contributed by atoms with E-state index >= 15 is 0 Å². The van der Waals surface area contributed by atoms with Gasteiger partial charge in [0.1, 0.15) is 11.5 Å². The summed E-state index contributed by atoms with van der Waals surface area (Å²) in [7, 11) is 0. The number of hydrogen-bond acceptors (Lipinski definition) is 4. The lowest BCUT2D eigenvalue weighted by atomic mass is 9.96. The molecule has 0 fully saturated rings. The fraction of sp³-hybridized carbons (Fsp3) is 0.0500. The number of nitrogens with zero attached hydrogens (tertiary/aromatic N) is 2. The van der Waals surface area contributed by atoms with E-state index in [0.29, 0.717) is 38.1 Å². The number of carbonyl (C=O) groups excluding carboxylic acids is 1. The van der Waals surface area contributed by atoms with Crippen molar-refractivity contribution in [1.29, 1.82) is 0 Å². The largest absolute Gasteiger partial charge is 0.364 e. The molecule has 5 rings (SSSR count). The fourth-order valence-corrected chi connectivity index (χ4v) is 4.34. The van der Waals surface area contributed by atoms with Crippen molar-refractivity contribution >= 4 is 39.0 Å². The Morgan fingerprint density at radius 2 is 2.03 bits per heavy atom. The molecule has 0 saturated carbocycles. The van der Waals surface area contributed by atoms with Crippen molar-refractivity contribution in [2.45, 2.75) is 6.42 Å². The highest BCUT2D eigenvalue weighted by atomic mass is 32.1. The molecule has 0 atom stereocenters. The molecule has 0 unspecified atom stereocenters. The first-order valence-corrected chi connectivity index (χ1v) is 9.55. The molecule has 0 aliphatic rings. The number of aromatic nitrogens is 4. The molecule has 9 heteroatoms. The van der Waals surface area contributed by atoms with Crippen molar-refractivity contribution in [2.24, 2.45) is 5.73 Å². The van der Waals surface area contributed by atoms with Gasteiger partial charge in [-0.2, -0.15) is 4.39 Å². The van der Waals surface area contributed by atoms with E-state index in [-0.39, 0.29) is 17.9 Å². The summed E-state index contributed by atoms with van der Waals surface area (Å²) in [4.78, 5) is 18.5. The molecule has 1 amide bonds. The second-order valence-corrected chi connectivity index (χ2v) is 7.57. The van der Waals surface area contributed by atoms with E-state index in [1.807, 2.05) is 6.07 Å². The van der Waals surface area contributed by atoms with E-state index in [2.05, 4.69) is 20.2 Å². The van der Waals surface area contributed by atoms with Crippen LogP contribution in [0.1, 0.15) is 21.1 Å². The number of amides is 1. The Balaban J connectivity index is 1.69. The van der Waals surface area contributed by atoms with Gasteiger partial charge in [0.2, 0.25) is 5.95 Å². The van der Waals surface area contributed by atoms with E-state index in [0.717, 1.165) is 5.39 Å². The minimum absolute atomic E-state index is 0.171. The summed E-state index contributed by atoms with van der Waals surface area (Å²) in [5.74, 6) is -1.62. The van der Waals surface area contributed by atoms with Gasteiger partial charge in [-0.05, 0) is 47.0 Å². The molecular weight excluding hydrogens is 396 g/mol. The summed E-state index contributed by atoms with van der Waals surface area (Å²) in [5, 5.41) is 9.73. The van der Waals surface area contributed by atoms with Crippen LogP contribution in [0.2, 0.25) is 0 Å². The first-order valence-electron chi connectivity index (χ1n) is 8.67. The Kier molecular flexibility index (Phi) is 3.92. The number of primary amides is 1. The SMILES string of the molecule is NC(=O)c1csc(Cc2cc(-c3cc(F)cc4[nH]ccc34)cc3[nH]nc(F)c23)n1. The molecule has 0 radical (unpaired) electrons. The first kappa shape index (κ1) is 17.5. The normalized spacial score (nSPS) is 11.5. The molecular formula is C20H13F2N5OS. The molecule has 3 aromatic heterocycles. The summed E-state index contributed by atoms with van der Waals surface area (Å²) in [6.07, 6.45) is 2.02. The van der Waals surface area contributed by atoms with Crippen molar-refractivity contribution in [3.63, 3.8) is 0 Å². The van der Waals surface area contributed by atoms with Crippen LogP contribution in [0.3, 0.4) is 0 Å². The number of rotatable bonds is 4. The number of halogens is 2. The van der Waals surface area contributed by atoms with Crippen LogP contribution in [-0.2, 0) is 6.42 Å². The number of benzene rings is 2. The third-order valence-electron chi connectivity index (χ3n) is 4.79. The summed E-state index contributed by atoms with van der Waals surface area (Å²) in [6, 6.07) is 8.28. The van der Waals surface area contributed by atoms with E-state index in [1.54, 1.807) is 23.7 Å². The van der Waals surface area contributed by atoms with Crippen LogP contribution in [-0.4, -0.2) is 26.1 Å².